The third kappa shape index (κ3) is 3.78. The number of benzene rings is 2. The Morgan fingerprint density at radius 3 is 2.54 bits per heavy atom. The molecule has 1 fully saturated rings. The molecule has 7 heteroatoms. The number of hydrogen-bond donors (Lipinski definition) is 1. The van der Waals surface area contributed by atoms with Gasteiger partial charge in [-0.25, -0.2) is 9.69 Å². The number of aryl methyl sites for hydroxylation is 1. The Morgan fingerprint density at radius 1 is 1.15 bits per heavy atom. The number of nitrogens with zero attached hydrogens (tertiary/aromatic N) is 1. The van der Waals surface area contributed by atoms with Crippen molar-refractivity contribution in [1.82, 2.24) is 0 Å². The highest BCUT2D eigenvalue weighted by Gasteiger charge is 2.36. The summed E-state index contributed by atoms with van der Waals surface area (Å²) in [4.78, 5) is 37.0. The molecule has 1 aliphatic rings. The number of carbonyl (C=O) groups excluding carboxylic acids is 2. The minimum atomic E-state index is -1.10. The third-order valence-electron chi connectivity index (χ3n) is 3.64. The van der Waals surface area contributed by atoms with Crippen LogP contribution in [-0.4, -0.2) is 28.8 Å². The van der Waals surface area contributed by atoms with Gasteiger partial charge in [0.2, 0.25) is 0 Å². The lowest BCUT2D eigenvalue weighted by Gasteiger charge is -2.12. The molecular weight excluding hydrogens is 354 g/mol. The Balaban J connectivity index is 1.89. The Bertz CT molecular complexity index is 904. The zero-order valence-electron chi connectivity index (χ0n) is 13.8. The lowest BCUT2D eigenvalue weighted by atomic mass is 10.1. The monoisotopic (exact) mass is 369 g/mol. The standard InChI is InChI=1S/C19H15NO5S/c1-12-6-8-14(9-7-12)20-18(23)16(26-19(20)24)10-13-4-2-3-5-15(13)25-11-17(21)22/h2-10H,11H2,1H3,(H,21,22)/b16-10+. The summed E-state index contributed by atoms with van der Waals surface area (Å²) in [5.74, 6) is -1.19. The largest absolute Gasteiger partial charge is 0.481 e. The Hall–Kier alpha value is -3.06. The van der Waals surface area contributed by atoms with Gasteiger partial charge in [0.15, 0.2) is 6.61 Å². The van der Waals surface area contributed by atoms with Crippen LogP contribution in [0.15, 0.2) is 53.4 Å². The van der Waals surface area contributed by atoms with E-state index in [0.717, 1.165) is 22.2 Å². The molecule has 1 heterocycles. The first-order chi connectivity index (χ1) is 12.5. The molecule has 2 aromatic rings. The maximum atomic E-state index is 12.7. The van der Waals surface area contributed by atoms with E-state index in [-0.39, 0.29) is 10.1 Å². The first-order valence-corrected chi connectivity index (χ1v) is 8.55. The Labute approximate surface area is 154 Å². The van der Waals surface area contributed by atoms with Gasteiger partial charge in [0, 0.05) is 5.56 Å². The molecule has 1 N–H and O–H groups in total. The number of amides is 2. The Kier molecular flexibility index (Phi) is 5.09. The summed E-state index contributed by atoms with van der Waals surface area (Å²) in [5, 5.41) is 8.38. The van der Waals surface area contributed by atoms with Crippen molar-refractivity contribution in [1.29, 1.82) is 0 Å². The average molecular weight is 369 g/mol. The van der Waals surface area contributed by atoms with Crippen LogP contribution in [0.25, 0.3) is 6.08 Å². The maximum absolute atomic E-state index is 12.7. The average Bonchev–Trinajstić information content (AvgIpc) is 2.89. The second kappa shape index (κ2) is 7.45. The normalized spacial score (nSPS) is 15.6. The van der Waals surface area contributed by atoms with Crippen LogP contribution in [0.1, 0.15) is 11.1 Å². The maximum Gasteiger partial charge on any atom is 0.341 e. The first-order valence-electron chi connectivity index (χ1n) is 7.74. The summed E-state index contributed by atoms with van der Waals surface area (Å²) in [6, 6.07) is 13.8. The summed E-state index contributed by atoms with van der Waals surface area (Å²) < 4.78 is 5.23. The number of aliphatic carboxylic acids is 1. The molecule has 132 valence electrons. The predicted molar refractivity (Wildman–Crippen MR) is 99.2 cm³/mol. The third-order valence-corrected chi connectivity index (χ3v) is 4.51. The molecule has 0 radical (unpaired) electrons. The van der Waals surface area contributed by atoms with E-state index in [9.17, 15) is 14.4 Å². The number of carbonyl (C=O) groups is 3. The number of hydrogen-bond acceptors (Lipinski definition) is 5. The van der Waals surface area contributed by atoms with Crippen molar-refractivity contribution in [3.05, 3.63) is 64.6 Å². The van der Waals surface area contributed by atoms with Gasteiger partial charge in [-0.3, -0.25) is 9.59 Å². The smallest absolute Gasteiger partial charge is 0.341 e. The predicted octanol–water partition coefficient (Wildman–Crippen LogP) is 3.70. The van der Waals surface area contributed by atoms with Crippen LogP contribution in [0, 0.1) is 6.92 Å². The van der Waals surface area contributed by atoms with Crippen molar-refractivity contribution < 1.29 is 24.2 Å². The zero-order valence-corrected chi connectivity index (χ0v) is 14.7. The number of thioether (sulfide) groups is 1. The van der Waals surface area contributed by atoms with Crippen LogP contribution in [0.5, 0.6) is 5.75 Å². The Morgan fingerprint density at radius 2 is 1.85 bits per heavy atom. The summed E-state index contributed by atoms with van der Waals surface area (Å²) in [6.07, 6.45) is 1.54. The van der Waals surface area contributed by atoms with Gasteiger partial charge < -0.3 is 9.84 Å². The highest BCUT2D eigenvalue weighted by Crippen LogP contribution is 2.36. The van der Waals surface area contributed by atoms with Crippen molar-refractivity contribution in [2.24, 2.45) is 0 Å². The SMILES string of the molecule is Cc1ccc(N2C(=O)S/C(=C/c3ccccc3OCC(=O)O)C2=O)cc1. The number of imide groups is 1. The van der Waals surface area contributed by atoms with Crippen LogP contribution >= 0.6 is 11.8 Å². The molecule has 1 saturated heterocycles. The lowest BCUT2D eigenvalue weighted by Crippen LogP contribution is -2.27. The molecule has 0 aliphatic carbocycles. The van der Waals surface area contributed by atoms with Crippen molar-refractivity contribution in [2.45, 2.75) is 6.92 Å². The fraction of sp³-hybridized carbons (Fsp3) is 0.105. The second-order valence-corrected chi connectivity index (χ2v) is 6.57. The van der Waals surface area contributed by atoms with E-state index < -0.39 is 18.5 Å². The topological polar surface area (TPSA) is 83.9 Å². The molecule has 26 heavy (non-hydrogen) atoms. The van der Waals surface area contributed by atoms with Gasteiger partial charge in [-0.2, -0.15) is 0 Å². The quantitative estimate of drug-likeness (QED) is 0.809. The molecule has 2 aromatic carbocycles. The highest BCUT2D eigenvalue weighted by molar-refractivity contribution is 8.19. The number of carboxylic acids is 1. The molecule has 0 spiro atoms. The van der Waals surface area contributed by atoms with E-state index in [4.69, 9.17) is 9.84 Å². The van der Waals surface area contributed by atoms with Crippen molar-refractivity contribution >= 4 is 40.6 Å². The van der Waals surface area contributed by atoms with Crippen molar-refractivity contribution in [2.75, 3.05) is 11.5 Å². The van der Waals surface area contributed by atoms with E-state index >= 15 is 0 Å². The van der Waals surface area contributed by atoms with Gasteiger partial charge in [-0.05, 0) is 43.0 Å². The van der Waals surface area contributed by atoms with Crippen LogP contribution in [0.3, 0.4) is 0 Å². The molecule has 0 aromatic heterocycles. The van der Waals surface area contributed by atoms with E-state index in [1.807, 2.05) is 19.1 Å². The van der Waals surface area contributed by atoms with Crippen LogP contribution in [0.2, 0.25) is 0 Å². The molecule has 1 aliphatic heterocycles. The highest BCUT2D eigenvalue weighted by atomic mass is 32.2. The number of ether oxygens (including phenoxy) is 1. The van der Waals surface area contributed by atoms with Crippen LogP contribution in [0.4, 0.5) is 10.5 Å². The molecular formula is C19H15NO5S. The fourth-order valence-corrected chi connectivity index (χ4v) is 3.23. The van der Waals surface area contributed by atoms with Crippen LogP contribution in [-0.2, 0) is 9.59 Å². The van der Waals surface area contributed by atoms with Crippen molar-refractivity contribution in [3.63, 3.8) is 0 Å². The molecule has 0 bridgehead atoms. The number of rotatable bonds is 5. The van der Waals surface area contributed by atoms with Gasteiger partial charge >= 0.3 is 5.97 Å². The van der Waals surface area contributed by atoms with E-state index in [1.165, 1.54) is 6.08 Å². The summed E-state index contributed by atoms with van der Waals surface area (Å²) in [5.41, 5.74) is 2.07. The number of anilines is 1. The van der Waals surface area contributed by atoms with Gasteiger partial charge in [0.25, 0.3) is 11.1 Å². The number of carboxylic acid groups (broad SMARTS) is 1. The molecule has 3 rings (SSSR count). The molecule has 2 amide bonds. The molecule has 0 saturated carbocycles. The van der Waals surface area contributed by atoms with Gasteiger partial charge in [0.05, 0.1) is 10.6 Å². The van der Waals surface area contributed by atoms with Gasteiger partial charge in [-0.15, -0.1) is 0 Å². The minimum absolute atomic E-state index is 0.252. The molecule has 0 atom stereocenters. The summed E-state index contributed by atoms with van der Waals surface area (Å²) >= 11 is 0.835. The minimum Gasteiger partial charge on any atom is -0.481 e. The fourth-order valence-electron chi connectivity index (χ4n) is 2.40. The van der Waals surface area contributed by atoms with Gasteiger partial charge in [0.1, 0.15) is 5.75 Å². The van der Waals surface area contributed by atoms with E-state index in [2.05, 4.69) is 0 Å². The molecule has 0 unspecified atom stereocenters. The second-order valence-electron chi connectivity index (χ2n) is 5.57. The summed E-state index contributed by atoms with van der Waals surface area (Å²) in [6.45, 7) is 1.43. The molecule has 6 nitrogen and oxygen atoms in total. The summed E-state index contributed by atoms with van der Waals surface area (Å²) in [7, 11) is 0. The zero-order chi connectivity index (χ0) is 18.7. The van der Waals surface area contributed by atoms with E-state index in [0.29, 0.717) is 17.0 Å². The van der Waals surface area contributed by atoms with E-state index in [1.54, 1.807) is 36.4 Å². The van der Waals surface area contributed by atoms with Gasteiger partial charge in [-0.1, -0.05) is 35.9 Å². The van der Waals surface area contributed by atoms with Crippen molar-refractivity contribution in [3.8, 4) is 5.75 Å². The lowest BCUT2D eigenvalue weighted by molar-refractivity contribution is -0.139. The number of para-hydroxylation sites is 1. The first kappa shape index (κ1) is 17.8. The van der Waals surface area contributed by atoms with Crippen LogP contribution < -0.4 is 9.64 Å².